The average Bonchev–Trinajstić information content (AvgIpc) is 3.78. The van der Waals surface area contributed by atoms with Crippen LogP contribution in [-0.4, -0.2) is 105 Å². The minimum absolute atomic E-state index is 0.0383. The quantitative estimate of drug-likeness (QED) is 0.165. The molecular formula is C25H29N11O5S3. The highest BCUT2D eigenvalue weighted by Crippen LogP contribution is 2.33. The van der Waals surface area contributed by atoms with E-state index in [0.717, 1.165) is 51.5 Å². The Balaban J connectivity index is 1.24. The maximum absolute atomic E-state index is 13.9. The molecule has 44 heavy (non-hydrogen) atoms. The summed E-state index contributed by atoms with van der Waals surface area (Å²) in [6.45, 7) is 1.74. The summed E-state index contributed by atoms with van der Waals surface area (Å²) in [6.07, 6.45) is 2.06. The summed E-state index contributed by atoms with van der Waals surface area (Å²) in [7, 11) is -1.92. The minimum atomic E-state index is -3.94. The minimum Gasteiger partial charge on any atom is -0.349 e. The number of carbonyl (C=O) groups excluding carboxylic acids is 2. The second kappa shape index (κ2) is 12.6. The van der Waals surface area contributed by atoms with Crippen LogP contribution in [-0.2, 0) is 39.3 Å². The molecule has 1 fully saturated rings. The number of carbonyl (C=O) groups is 2. The van der Waals surface area contributed by atoms with Gasteiger partial charge in [0.25, 0.3) is 15.9 Å². The fourth-order valence-electron chi connectivity index (χ4n) is 5.21. The van der Waals surface area contributed by atoms with Crippen LogP contribution in [0.4, 0.5) is 0 Å². The fourth-order valence-corrected chi connectivity index (χ4v) is 9.36. The Kier molecular flexibility index (Phi) is 8.65. The normalized spacial score (nSPS) is 18.1. The van der Waals surface area contributed by atoms with Gasteiger partial charge in [0.05, 0.1) is 24.5 Å². The number of likely N-dealkylation sites (N-methyl/N-ethyl adjacent to an activating group) is 1. The molecule has 1 unspecified atom stereocenters. The van der Waals surface area contributed by atoms with Gasteiger partial charge in [0.2, 0.25) is 5.91 Å². The second-order valence-electron chi connectivity index (χ2n) is 10.4. The molecule has 4 aromatic rings. The zero-order chi connectivity index (χ0) is 30.8. The fraction of sp³-hybridized carbons (Fsp3) is 0.400. The SMILES string of the molecule is CN1CCc2nc(C(=O)N3CCN(S(=O)(=O)c4cc5cc(/C=N/ON)ccc5s4)CC3CC(=O)NCc3nn[nH]n3)sc2C1. The first-order valence-electron chi connectivity index (χ1n) is 13.6. The molecular weight excluding hydrogens is 631 g/mol. The molecule has 2 aliphatic heterocycles. The molecule has 19 heteroatoms. The number of benzene rings is 1. The molecule has 232 valence electrons. The second-order valence-corrected chi connectivity index (χ2v) is 14.7. The lowest BCUT2D eigenvalue weighted by molar-refractivity contribution is -0.122. The highest BCUT2D eigenvalue weighted by Gasteiger charge is 2.39. The molecule has 1 atom stereocenters. The molecule has 6 rings (SSSR count). The number of tetrazole rings is 1. The lowest BCUT2D eigenvalue weighted by Crippen LogP contribution is -2.57. The smallest absolute Gasteiger partial charge is 0.283 e. The molecule has 0 aliphatic carbocycles. The summed E-state index contributed by atoms with van der Waals surface area (Å²) in [6, 6.07) is 6.24. The predicted molar refractivity (Wildman–Crippen MR) is 161 cm³/mol. The van der Waals surface area contributed by atoms with Crippen molar-refractivity contribution in [3.63, 3.8) is 0 Å². The van der Waals surface area contributed by atoms with E-state index >= 15 is 0 Å². The molecule has 3 aromatic heterocycles. The van der Waals surface area contributed by atoms with Crippen LogP contribution >= 0.6 is 22.7 Å². The number of sulfonamides is 1. The number of nitrogens with one attached hydrogen (secondary N) is 2. The van der Waals surface area contributed by atoms with Gasteiger partial charge in [-0.1, -0.05) is 16.4 Å². The van der Waals surface area contributed by atoms with Crippen LogP contribution in [0.25, 0.3) is 10.1 Å². The first kappa shape index (κ1) is 30.2. The number of thiazole rings is 1. The van der Waals surface area contributed by atoms with E-state index in [1.807, 2.05) is 7.05 Å². The van der Waals surface area contributed by atoms with E-state index in [9.17, 15) is 18.0 Å². The van der Waals surface area contributed by atoms with E-state index in [-0.39, 0.29) is 48.6 Å². The molecule has 1 saturated heterocycles. The highest BCUT2D eigenvalue weighted by atomic mass is 32.2. The van der Waals surface area contributed by atoms with Crippen LogP contribution in [0.2, 0.25) is 0 Å². The van der Waals surface area contributed by atoms with Crippen LogP contribution in [0.5, 0.6) is 0 Å². The van der Waals surface area contributed by atoms with Gasteiger partial charge in [-0.15, -0.1) is 38.8 Å². The first-order valence-corrected chi connectivity index (χ1v) is 16.7. The van der Waals surface area contributed by atoms with E-state index in [4.69, 9.17) is 5.90 Å². The molecule has 1 aromatic carbocycles. The van der Waals surface area contributed by atoms with Crippen LogP contribution in [0.1, 0.15) is 38.2 Å². The van der Waals surface area contributed by atoms with Gasteiger partial charge in [-0.3, -0.25) is 9.59 Å². The third-order valence-corrected chi connectivity index (χ3v) is 11.9. The molecule has 4 N–H and O–H groups in total. The van der Waals surface area contributed by atoms with E-state index in [1.165, 1.54) is 21.9 Å². The van der Waals surface area contributed by atoms with Crippen molar-refractivity contribution in [3.8, 4) is 0 Å². The van der Waals surface area contributed by atoms with Crippen molar-refractivity contribution in [1.82, 2.24) is 45.0 Å². The van der Waals surface area contributed by atoms with Gasteiger partial charge in [0, 0.05) is 55.1 Å². The number of hydrogen-bond donors (Lipinski definition) is 3. The number of fused-ring (bicyclic) bond motifs is 2. The highest BCUT2D eigenvalue weighted by molar-refractivity contribution is 7.91. The summed E-state index contributed by atoms with van der Waals surface area (Å²) < 4.78 is 30.0. The van der Waals surface area contributed by atoms with Gasteiger partial charge < -0.3 is 20.1 Å². The summed E-state index contributed by atoms with van der Waals surface area (Å²) >= 11 is 2.50. The Labute approximate surface area is 259 Å². The van der Waals surface area contributed by atoms with Gasteiger partial charge in [-0.05, 0) is 36.2 Å². The maximum Gasteiger partial charge on any atom is 0.283 e. The standard InChI is InChI=1S/C25H29N11O5S3/c1-34-5-4-18-20(14-34)43-24(29-18)25(38)36-7-6-35(13-17(36)10-22(37)27-12-21-30-32-33-31-21)44(39,40)23-9-16-8-15(11-28-41-26)2-3-19(16)42-23/h2-3,8-9,11,17H,4-7,10,12-14,26H2,1H3,(H,27,37)(H,30,31,32,33)/b28-11+. The van der Waals surface area contributed by atoms with Gasteiger partial charge in [0.1, 0.15) is 4.21 Å². The summed E-state index contributed by atoms with van der Waals surface area (Å²) in [5.74, 6) is 4.57. The monoisotopic (exact) mass is 659 g/mol. The number of nitrogens with zero attached hydrogens (tertiary/aromatic N) is 8. The molecule has 0 spiro atoms. The van der Waals surface area contributed by atoms with Crippen LogP contribution in [0.3, 0.4) is 0 Å². The Bertz CT molecular complexity index is 1800. The predicted octanol–water partition coefficient (Wildman–Crippen LogP) is 0.305. The van der Waals surface area contributed by atoms with Crippen molar-refractivity contribution < 1.29 is 22.9 Å². The topological polar surface area (TPSA) is 205 Å². The molecule has 0 bridgehead atoms. The van der Waals surface area contributed by atoms with Crippen molar-refractivity contribution in [1.29, 1.82) is 0 Å². The number of piperazine rings is 1. The van der Waals surface area contributed by atoms with Crippen molar-refractivity contribution in [2.45, 2.75) is 36.2 Å². The van der Waals surface area contributed by atoms with Crippen molar-refractivity contribution in [3.05, 3.63) is 51.2 Å². The number of thiophene rings is 1. The third kappa shape index (κ3) is 6.33. The summed E-state index contributed by atoms with van der Waals surface area (Å²) in [5, 5.41) is 20.8. The van der Waals surface area contributed by atoms with Crippen molar-refractivity contribution >= 4 is 60.8 Å². The molecule has 0 saturated carbocycles. The number of H-pyrrole nitrogens is 1. The zero-order valence-corrected chi connectivity index (χ0v) is 26.0. The third-order valence-electron chi connectivity index (χ3n) is 7.44. The molecule has 5 heterocycles. The number of hydrogen-bond acceptors (Lipinski definition) is 14. The maximum atomic E-state index is 13.9. The van der Waals surface area contributed by atoms with E-state index in [1.54, 1.807) is 29.2 Å². The van der Waals surface area contributed by atoms with E-state index in [0.29, 0.717) is 16.4 Å². The Morgan fingerprint density at radius 1 is 1.25 bits per heavy atom. The number of rotatable bonds is 9. The van der Waals surface area contributed by atoms with Gasteiger partial charge in [-0.25, -0.2) is 13.4 Å². The van der Waals surface area contributed by atoms with Gasteiger partial charge in [-0.2, -0.15) is 9.52 Å². The summed E-state index contributed by atoms with van der Waals surface area (Å²) in [4.78, 5) is 40.5. The number of aromatic nitrogens is 5. The summed E-state index contributed by atoms with van der Waals surface area (Å²) in [5.41, 5.74) is 1.61. The van der Waals surface area contributed by atoms with Crippen LogP contribution in [0.15, 0.2) is 33.6 Å². The van der Waals surface area contributed by atoms with Gasteiger partial charge >= 0.3 is 0 Å². The molecule has 0 radical (unpaired) electrons. The lowest BCUT2D eigenvalue weighted by Gasteiger charge is -2.40. The van der Waals surface area contributed by atoms with Crippen LogP contribution in [0, 0.1) is 0 Å². The number of oxime groups is 1. The Hall–Kier alpha value is -3.88. The Morgan fingerprint density at radius 2 is 2.11 bits per heavy atom. The van der Waals surface area contributed by atoms with Crippen molar-refractivity contribution in [2.75, 3.05) is 33.2 Å². The largest absolute Gasteiger partial charge is 0.349 e. The molecule has 2 amide bonds. The Morgan fingerprint density at radius 3 is 2.91 bits per heavy atom. The zero-order valence-electron chi connectivity index (χ0n) is 23.5. The van der Waals surface area contributed by atoms with E-state index < -0.39 is 16.1 Å². The lowest BCUT2D eigenvalue weighted by atomic mass is 10.1. The number of nitrogens with two attached hydrogens (primary N) is 1. The van der Waals surface area contributed by atoms with E-state index in [2.05, 4.69) is 45.9 Å². The number of aromatic amines is 1. The molecule has 16 nitrogen and oxygen atoms in total. The van der Waals surface area contributed by atoms with Gasteiger partial charge in [0.15, 0.2) is 10.8 Å². The first-order chi connectivity index (χ1) is 21.2. The van der Waals surface area contributed by atoms with Crippen LogP contribution < -0.4 is 11.2 Å². The average molecular weight is 660 g/mol. The number of amides is 2. The van der Waals surface area contributed by atoms with Crippen molar-refractivity contribution in [2.24, 2.45) is 11.1 Å². The molecule has 2 aliphatic rings.